The molecule has 0 spiro atoms. The minimum atomic E-state index is -0.856. The van der Waals surface area contributed by atoms with E-state index in [9.17, 15) is 9.18 Å². The maximum atomic E-state index is 11.9. The molecule has 14 heavy (non-hydrogen) atoms. The summed E-state index contributed by atoms with van der Waals surface area (Å²) in [5.41, 5.74) is 0.885. The van der Waals surface area contributed by atoms with Gasteiger partial charge in [0.25, 0.3) is 0 Å². The molecule has 1 aromatic carbocycles. The topological polar surface area (TPSA) is 26.3 Å². The maximum Gasteiger partial charge on any atom is 0.228 e. The summed E-state index contributed by atoms with van der Waals surface area (Å²) in [5.74, 6) is 0.538. The van der Waals surface area contributed by atoms with Crippen molar-refractivity contribution in [3.8, 4) is 5.75 Å². The fourth-order valence-corrected chi connectivity index (χ4v) is 1.66. The third kappa shape index (κ3) is 3.10. The molecule has 0 amide bonds. The minimum Gasteiger partial charge on any atom is -0.462 e. The van der Waals surface area contributed by atoms with Crippen LogP contribution in [-0.2, 0) is 11.2 Å². The van der Waals surface area contributed by atoms with Gasteiger partial charge in [0.15, 0.2) is 0 Å². The lowest BCUT2D eigenvalue weighted by Gasteiger charge is -2.05. The molecule has 0 heterocycles. The van der Waals surface area contributed by atoms with Gasteiger partial charge in [-0.15, -0.1) is 0 Å². The minimum absolute atomic E-state index is 0.0936. The van der Waals surface area contributed by atoms with E-state index in [1.165, 1.54) is 6.92 Å². The molecule has 0 aliphatic heterocycles. The first-order valence-corrected chi connectivity index (χ1v) is 4.89. The van der Waals surface area contributed by atoms with E-state index in [2.05, 4.69) is 15.9 Å². The van der Waals surface area contributed by atoms with Crippen LogP contribution in [0.2, 0.25) is 0 Å². The summed E-state index contributed by atoms with van der Waals surface area (Å²) in [7, 11) is 0. The Bertz CT molecular complexity index is 339. The van der Waals surface area contributed by atoms with Crippen LogP contribution in [0.25, 0.3) is 0 Å². The molecule has 0 aliphatic rings. The van der Waals surface area contributed by atoms with Crippen molar-refractivity contribution < 1.29 is 13.9 Å². The molecule has 0 saturated carbocycles. The first kappa shape index (κ1) is 11.2. The predicted octanol–water partition coefficient (Wildman–Crippen LogP) is 2.89. The summed E-state index contributed by atoms with van der Waals surface area (Å²) in [5, 5.41) is 0. The van der Waals surface area contributed by atoms with Gasteiger partial charge in [0.05, 0.1) is 4.47 Å². The first-order chi connectivity index (χ1) is 6.63. The van der Waals surface area contributed by atoms with Crippen LogP contribution in [-0.4, -0.2) is 12.6 Å². The Kier molecular flexibility index (Phi) is 4.07. The first-order valence-electron chi connectivity index (χ1n) is 4.10. The highest BCUT2D eigenvalue weighted by atomic mass is 79.9. The summed E-state index contributed by atoms with van der Waals surface area (Å²) in [6.07, 6.45) is 0.383. The molecule has 0 aliphatic carbocycles. The van der Waals surface area contributed by atoms with Crippen LogP contribution < -0.4 is 4.74 Å². The Balaban J connectivity index is 2.83. The Hall–Kier alpha value is -0.900. The van der Waals surface area contributed by atoms with Gasteiger partial charge in [-0.25, -0.2) is 4.39 Å². The van der Waals surface area contributed by atoms with Crippen LogP contribution in [0.4, 0.5) is 4.39 Å². The number of hydrogen-bond acceptors (Lipinski definition) is 2. The standard InChI is InChI=1S/C10H10BrFO2/c1-7(13)4-8-2-3-10(14-6-12)9(11)5-8/h2-3,5H,4,6H2,1H3. The number of alkyl halides is 1. The van der Waals surface area contributed by atoms with Crippen LogP contribution in [0.1, 0.15) is 12.5 Å². The molecule has 1 rings (SSSR count). The third-order valence-corrected chi connectivity index (χ3v) is 2.28. The second kappa shape index (κ2) is 5.10. The Morgan fingerprint density at radius 1 is 1.57 bits per heavy atom. The second-order valence-electron chi connectivity index (χ2n) is 2.90. The number of benzene rings is 1. The van der Waals surface area contributed by atoms with Gasteiger partial charge in [0.1, 0.15) is 11.5 Å². The predicted molar refractivity (Wildman–Crippen MR) is 55.1 cm³/mol. The van der Waals surface area contributed by atoms with E-state index in [0.717, 1.165) is 5.56 Å². The van der Waals surface area contributed by atoms with E-state index >= 15 is 0 Å². The van der Waals surface area contributed by atoms with E-state index < -0.39 is 6.86 Å². The number of Topliss-reactive ketones (excluding diaryl/α,β-unsaturated/α-hetero) is 1. The van der Waals surface area contributed by atoms with Crippen molar-refractivity contribution in [2.75, 3.05) is 6.86 Å². The van der Waals surface area contributed by atoms with Crippen molar-refractivity contribution in [3.63, 3.8) is 0 Å². The van der Waals surface area contributed by atoms with Crippen molar-refractivity contribution in [2.24, 2.45) is 0 Å². The van der Waals surface area contributed by atoms with Gasteiger partial charge in [-0.05, 0) is 40.5 Å². The summed E-state index contributed by atoms with van der Waals surface area (Å²) in [6.45, 7) is 0.671. The molecular weight excluding hydrogens is 251 g/mol. The molecule has 0 unspecified atom stereocenters. The average molecular weight is 261 g/mol. The Morgan fingerprint density at radius 3 is 2.79 bits per heavy atom. The van der Waals surface area contributed by atoms with E-state index in [0.29, 0.717) is 16.6 Å². The van der Waals surface area contributed by atoms with Crippen LogP contribution in [0.3, 0.4) is 0 Å². The highest BCUT2D eigenvalue weighted by Crippen LogP contribution is 2.26. The number of carbonyl (C=O) groups excluding carboxylic acids is 1. The van der Waals surface area contributed by atoms with Crippen LogP contribution in [0.15, 0.2) is 22.7 Å². The third-order valence-electron chi connectivity index (χ3n) is 1.66. The van der Waals surface area contributed by atoms with Gasteiger partial charge in [-0.2, -0.15) is 0 Å². The Morgan fingerprint density at radius 2 is 2.29 bits per heavy atom. The molecule has 0 bridgehead atoms. The van der Waals surface area contributed by atoms with Gasteiger partial charge in [-0.3, -0.25) is 4.79 Å². The molecule has 0 saturated heterocycles. The molecule has 0 radical (unpaired) electrons. The number of ketones is 1. The highest BCUT2D eigenvalue weighted by molar-refractivity contribution is 9.10. The molecule has 0 atom stereocenters. The van der Waals surface area contributed by atoms with E-state index in [1.54, 1.807) is 18.2 Å². The lowest BCUT2D eigenvalue weighted by atomic mass is 10.1. The summed E-state index contributed by atoms with van der Waals surface area (Å²) in [6, 6.07) is 5.14. The largest absolute Gasteiger partial charge is 0.462 e. The normalized spacial score (nSPS) is 9.93. The van der Waals surface area contributed by atoms with Gasteiger partial charge >= 0.3 is 0 Å². The van der Waals surface area contributed by atoms with Gasteiger partial charge in [0, 0.05) is 6.42 Å². The average Bonchev–Trinajstić information content (AvgIpc) is 2.09. The molecule has 0 fully saturated rings. The lowest BCUT2D eigenvalue weighted by Crippen LogP contribution is -1.97. The van der Waals surface area contributed by atoms with Crippen molar-refractivity contribution in [1.29, 1.82) is 0 Å². The van der Waals surface area contributed by atoms with Gasteiger partial charge in [-0.1, -0.05) is 6.07 Å². The van der Waals surface area contributed by atoms with E-state index in [-0.39, 0.29) is 5.78 Å². The molecule has 0 aromatic heterocycles. The van der Waals surface area contributed by atoms with Gasteiger partial charge in [0.2, 0.25) is 6.86 Å². The highest BCUT2D eigenvalue weighted by Gasteiger charge is 2.03. The van der Waals surface area contributed by atoms with Crippen LogP contribution >= 0.6 is 15.9 Å². The van der Waals surface area contributed by atoms with Crippen LogP contribution in [0, 0.1) is 0 Å². The Labute approximate surface area is 90.2 Å². The molecule has 76 valence electrons. The van der Waals surface area contributed by atoms with E-state index in [1.807, 2.05) is 0 Å². The number of carbonyl (C=O) groups is 1. The molecule has 1 aromatic rings. The van der Waals surface area contributed by atoms with Crippen molar-refractivity contribution >= 4 is 21.7 Å². The van der Waals surface area contributed by atoms with E-state index in [4.69, 9.17) is 4.74 Å². The fourth-order valence-electron chi connectivity index (χ4n) is 1.12. The SMILES string of the molecule is CC(=O)Cc1ccc(OCF)c(Br)c1. The van der Waals surface area contributed by atoms with Crippen molar-refractivity contribution in [2.45, 2.75) is 13.3 Å². The molecule has 4 heteroatoms. The zero-order valence-corrected chi connectivity index (χ0v) is 9.30. The second-order valence-corrected chi connectivity index (χ2v) is 3.75. The molecule has 0 N–H and O–H groups in total. The number of ether oxygens (including phenoxy) is 1. The number of rotatable bonds is 4. The summed E-state index contributed by atoms with van der Waals surface area (Å²) in [4.78, 5) is 10.8. The monoisotopic (exact) mass is 260 g/mol. The molecule has 2 nitrogen and oxygen atoms in total. The number of halogens is 2. The zero-order chi connectivity index (χ0) is 10.6. The van der Waals surface area contributed by atoms with Crippen molar-refractivity contribution in [1.82, 2.24) is 0 Å². The quantitative estimate of drug-likeness (QED) is 0.833. The summed E-state index contributed by atoms with van der Waals surface area (Å²) >= 11 is 3.24. The number of hydrogen-bond donors (Lipinski definition) is 0. The lowest BCUT2D eigenvalue weighted by molar-refractivity contribution is -0.116. The van der Waals surface area contributed by atoms with Crippen LogP contribution in [0.5, 0.6) is 5.75 Å². The maximum absolute atomic E-state index is 11.9. The summed E-state index contributed by atoms with van der Waals surface area (Å²) < 4.78 is 17.2. The van der Waals surface area contributed by atoms with Gasteiger partial charge < -0.3 is 4.74 Å². The van der Waals surface area contributed by atoms with Crippen molar-refractivity contribution in [3.05, 3.63) is 28.2 Å². The zero-order valence-electron chi connectivity index (χ0n) is 7.72. The molecular formula is C10H10BrFO2. The fraction of sp³-hybridized carbons (Fsp3) is 0.300. The smallest absolute Gasteiger partial charge is 0.228 e.